The third-order valence-electron chi connectivity index (χ3n) is 4.87. The van der Waals surface area contributed by atoms with E-state index in [1.807, 2.05) is 0 Å². The van der Waals surface area contributed by atoms with Crippen molar-refractivity contribution in [3.63, 3.8) is 0 Å². The second-order valence-electron chi connectivity index (χ2n) is 7.17. The van der Waals surface area contributed by atoms with Crippen molar-refractivity contribution in [1.82, 2.24) is 10.1 Å². The van der Waals surface area contributed by atoms with Gasteiger partial charge in [0.15, 0.2) is 0 Å². The molecule has 31 heavy (non-hydrogen) atoms. The van der Waals surface area contributed by atoms with Crippen molar-refractivity contribution in [2.75, 3.05) is 13.1 Å². The molecule has 2 aromatic rings. The Morgan fingerprint density at radius 1 is 1.13 bits per heavy atom. The summed E-state index contributed by atoms with van der Waals surface area (Å²) < 4.78 is 84.4. The minimum atomic E-state index is -5.74. The minimum absolute atomic E-state index is 0.0237. The van der Waals surface area contributed by atoms with Gasteiger partial charge in [0, 0.05) is 36.2 Å². The van der Waals surface area contributed by atoms with Crippen LogP contribution in [-0.4, -0.2) is 47.7 Å². The molecule has 5 nitrogen and oxygen atoms in total. The number of benzene rings is 1. The van der Waals surface area contributed by atoms with E-state index in [0.717, 1.165) is 10.5 Å². The van der Waals surface area contributed by atoms with E-state index in [4.69, 9.17) is 16.1 Å². The molecule has 0 radical (unpaired) electrons. The zero-order valence-corrected chi connectivity index (χ0v) is 16.6. The number of hydrogen-bond acceptors (Lipinski definition) is 4. The third kappa shape index (κ3) is 6.05. The summed E-state index contributed by atoms with van der Waals surface area (Å²) in [5, 5.41) is 4.57. The van der Waals surface area contributed by atoms with Crippen molar-refractivity contribution in [3.8, 4) is 11.3 Å². The number of hydrogen-bond donors (Lipinski definition) is 0. The van der Waals surface area contributed by atoms with Crippen molar-refractivity contribution in [2.45, 2.75) is 37.7 Å². The molecule has 1 aliphatic heterocycles. The largest absolute Gasteiger partial charge is 0.434 e. The zero-order valence-electron chi connectivity index (χ0n) is 15.8. The van der Waals surface area contributed by atoms with Gasteiger partial charge >= 0.3 is 18.4 Å². The number of rotatable bonds is 4. The fourth-order valence-electron chi connectivity index (χ4n) is 3.26. The van der Waals surface area contributed by atoms with Gasteiger partial charge in [-0.1, -0.05) is 28.9 Å². The molecule has 1 aromatic heterocycles. The van der Waals surface area contributed by atoms with Gasteiger partial charge in [0.25, 0.3) is 6.10 Å². The van der Waals surface area contributed by atoms with Crippen molar-refractivity contribution in [3.05, 3.63) is 41.1 Å². The maximum Gasteiger partial charge on any atom is 0.434 e. The molecule has 0 N–H and O–H groups in total. The maximum absolute atomic E-state index is 12.6. The lowest BCUT2D eigenvalue weighted by Gasteiger charge is -2.32. The number of ether oxygens (including phenoxy) is 1. The molecule has 1 saturated heterocycles. The maximum atomic E-state index is 12.6. The average molecular weight is 471 g/mol. The summed E-state index contributed by atoms with van der Waals surface area (Å²) in [6.45, 7) is -0.0474. The van der Waals surface area contributed by atoms with E-state index in [1.165, 1.54) is 0 Å². The molecule has 0 spiro atoms. The van der Waals surface area contributed by atoms with Crippen LogP contribution in [0.4, 0.5) is 31.1 Å². The SMILES string of the molecule is O=C(OC(C(F)(F)F)C(F)(F)F)N1CCC(Cc2cc(-c3ccc(Cl)cc3)no2)CC1. The van der Waals surface area contributed by atoms with Gasteiger partial charge in [0.05, 0.1) is 0 Å². The Morgan fingerprint density at radius 3 is 2.26 bits per heavy atom. The van der Waals surface area contributed by atoms with Crippen LogP contribution in [0, 0.1) is 5.92 Å². The third-order valence-corrected chi connectivity index (χ3v) is 5.13. The number of carbonyl (C=O) groups excluding carboxylic acids is 1. The van der Waals surface area contributed by atoms with Crippen molar-refractivity contribution in [2.24, 2.45) is 5.92 Å². The molecule has 1 fully saturated rings. The van der Waals surface area contributed by atoms with Crippen LogP contribution in [0.15, 0.2) is 34.9 Å². The topological polar surface area (TPSA) is 55.6 Å². The smallest absolute Gasteiger partial charge is 0.426 e. The molecule has 2 heterocycles. The second-order valence-corrected chi connectivity index (χ2v) is 7.60. The van der Waals surface area contributed by atoms with E-state index >= 15 is 0 Å². The van der Waals surface area contributed by atoms with Crippen molar-refractivity contribution < 1.29 is 40.4 Å². The average Bonchev–Trinajstić information content (AvgIpc) is 3.13. The standard InChI is InChI=1S/C19H17ClF6N2O3/c20-13-3-1-12(2-4-13)15-10-14(31-27-15)9-11-5-7-28(8-6-11)17(29)30-16(18(21,22)23)19(24,25)26/h1-4,10-11,16H,5-9H2. The van der Waals surface area contributed by atoms with Crippen LogP contribution >= 0.6 is 11.6 Å². The molecule has 1 amide bonds. The van der Waals surface area contributed by atoms with Gasteiger partial charge in [-0.25, -0.2) is 4.79 Å². The fraction of sp³-hybridized carbons (Fsp3) is 0.474. The number of carbonyl (C=O) groups is 1. The number of alkyl halides is 6. The number of nitrogens with zero attached hydrogens (tertiary/aromatic N) is 2. The monoisotopic (exact) mass is 470 g/mol. The lowest BCUT2D eigenvalue weighted by Crippen LogP contribution is -2.49. The van der Waals surface area contributed by atoms with Gasteiger partial charge < -0.3 is 14.2 Å². The summed E-state index contributed by atoms with van der Waals surface area (Å²) in [5.74, 6) is 0.608. The normalized spacial score (nSPS) is 16.1. The van der Waals surface area contributed by atoms with E-state index in [-0.39, 0.29) is 19.0 Å². The Balaban J connectivity index is 1.53. The van der Waals surface area contributed by atoms with Gasteiger partial charge in [-0.2, -0.15) is 26.3 Å². The molecule has 0 unspecified atom stereocenters. The van der Waals surface area contributed by atoms with Crippen LogP contribution in [0.3, 0.4) is 0 Å². The summed E-state index contributed by atoms with van der Waals surface area (Å²) in [7, 11) is 0. The molecule has 1 aromatic carbocycles. The summed E-state index contributed by atoms with van der Waals surface area (Å²) in [5.41, 5.74) is 1.42. The molecule has 170 valence electrons. The van der Waals surface area contributed by atoms with Crippen LogP contribution < -0.4 is 0 Å². The van der Waals surface area contributed by atoms with Gasteiger partial charge in [0.1, 0.15) is 11.5 Å². The number of piperidine rings is 1. The Morgan fingerprint density at radius 2 is 1.71 bits per heavy atom. The van der Waals surface area contributed by atoms with Crippen molar-refractivity contribution in [1.29, 1.82) is 0 Å². The second kappa shape index (κ2) is 8.97. The summed E-state index contributed by atoms with van der Waals surface area (Å²) in [4.78, 5) is 12.7. The zero-order chi connectivity index (χ0) is 22.8. The Kier molecular flexibility index (Phi) is 6.73. The lowest BCUT2D eigenvalue weighted by molar-refractivity contribution is -0.308. The summed E-state index contributed by atoms with van der Waals surface area (Å²) in [6.07, 6.45) is -16.0. The molecule has 3 rings (SSSR count). The minimum Gasteiger partial charge on any atom is -0.426 e. The molecule has 0 bridgehead atoms. The summed E-state index contributed by atoms with van der Waals surface area (Å²) >= 11 is 5.85. The highest BCUT2D eigenvalue weighted by atomic mass is 35.5. The molecule has 0 saturated carbocycles. The number of likely N-dealkylation sites (tertiary alicyclic amines) is 1. The van der Waals surface area contributed by atoms with E-state index < -0.39 is 24.5 Å². The van der Waals surface area contributed by atoms with Crippen LogP contribution in [-0.2, 0) is 11.2 Å². The van der Waals surface area contributed by atoms with Crippen LogP contribution in [0.2, 0.25) is 5.02 Å². The molecule has 0 aliphatic carbocycles. The number of halogens is 7. The Hall–Kier alpha value is -2.43. The Labute approximate surface area is 177 Å². The first-order valence-electron chi connectivity index (χ1n) is 9.24. The van der Waals surface area contributed by atoms with Gasteiger partial charge in [0.2, 0.25) is 0 Å². The van der Waals surface area contributed by atoms with Crippen LogP contribution in [0.25, 0.3) is 11.3 Å². The van der Waals surface area contributed by atoms with Gasteiger partial charge in [-0.3, -0.25) is 0 Å². The van der Waals surface area contributed by atoms with E-state index in [0.29, 0.717) is 35.7 Å². The first kappa shape index (κ1) is 23.2. The Bertz CT molecular complexity index is 875. The number of amides is 1. The highest BCUT2D eigenvalue weighted by Crippen LogP contribution is 2.36. The molecular weight excluding hydrogens is 454 g/mol. The fourth-order valence-corrected chi connectivity index (χ4v) is 3.39. The predicted octanol–water partition coefficient (Wildman–Crippen LogP) is 5.88. The summed E-state index contributed by atoms with van der Waals surface area (Å²) in [6, 6.07) is 8.73. The van der Waals surface area contributed by atoms with Gasteiger partial charge in [-0.15, -0.1) is 0 Å². The first-order chi connectivity index (χ1) is 14.4. The lowest BCUT2D eigenvalue weighted by atomic mass is 9.92. The van der Waals surface area contributed by atoms with E-state index in [2.05, 4.69) is 9.89 Å². The van der Waals surface area contributed by atoms with Crippen molar-refractivity contribution >= 4 is 17.7 Å². The quantitative estimate of drug-likeness (QED) is 0.524. The highest BCUT2D eigenvalue weighted by molar-refractivity contribution is 6.30. The predicted molar refractivity (Wildman–Crippen MR) is 97.3 cm³/mol. The van der Waals surface area contributed by atoms with E-state index in [9.17, 15) is 31.1 Å². The highest BCUT2D eigenvalue weighted by Gasteiger charge is 2.60. The first-order valence-corrected chi connectivity index (χ1v) is 9.62. The molecule has 0 atom stereocenters. The van der Waals surface area contributed by atoms with Crippen LogP contribution in [0.1, 0.15) is 18.6 Å². The van der Waals surface area contributed by atoms with E-state index in [1.54, 1.807) is 30.3 Å². The van der Waals surface area contributed by atoms with Gasteiger partial charge in [-0.05, 0) is 30.9 Å². The molecule has 12 heteroatoms. The molecule has 1 aliphatic rings. The number of aromatic nitrogens is 1. The molecular formula is C19H17ClF6N2O3. The van der Waals surface area contributed by atoms with Crippen LogP contribution in [0.5, 0.6) is 0 Å².